The lowest BCUT2D eigenvalue weighted by Crippen LogP contribution is -2.35. The number of hydrogen-bond acceptors (Lipinski definition) is 11. The lowest BCUT2D eigenvalue weighted by Gasteiger charge is -2.24. The number of pyridine rings is 3. The third kappa shape index (κ3) is 33.9. The van der Waals surface area contributed by atoms with Crippen molar-refractivity contribution < 1.29 is 38.4 Å². The molecule has 3 atom stereocenters. The standard InChI is InChI=1S/C23H32N2O3.C23H34N2O2.C21H28N2O4.C7H14O2.CH4/c1-4-19(2)13-14-22(26)24(3)15-9-17-25-16-8-12-21(23(25)27)28-18-20-10-6-5-7-11-20;1-4-20(2)11-8-15-24(3)16-10-18-25-17-9-14-22(23(25)26)27-19-21-12-6-5-7-13-21;1-21(2,3)27-20(25)22(4)13-9-15-23-14-8-12-18(19(23)24)26-16-17-10-6-5-7-11-17;1-3-6(2)4-5-7(8)9;/h5-8,10-12,16,19H,4,9,13-15,17-18H2,1-3H3;5-7,9,12-14,17,20H,4,8,10-11,15-16,18-19H2,1-3H3;5-8,10-12,14H,9,13,15-16H2,1-4H3;6H,3-5H2,1-2H3,(H,8,9);1H4. The quantitative estimate of drug-likeness (QED) is 0.0404. The lowest BCUT2D eigenvalue weighted by atomic mass is 10.0. The van der Waals surface area contributed by atoms with E-state index in [4.69, 9.17) is 24.1 Å². The predicted molar refractivity (Wildman–Crippen MR) is 373 cm³/mol. The molecule has 92 heavy (non-hydrogen) atoms. The van der Waals surface area contributed by atoms with Gasteiger partial charge in [0.15, 0.2) is 17.2 Å². The highest BCUT2D eigenvalue weighted by Crippen LogP contribution is 2.15. The SMILES string of the molecule is C.CCC(C)CCC(=O)N(C)CCCn1cccc(OCc2ccccc2)c1=O.CCC(C)CCC(=O)O.CCC(C)CCCN(C)CCCn1cccc(OCc2ccccc2)c1=O.CN(CCCn1cccc(OCc2ccccc2)c1=O)C(=O)OC(C)(C)C. The molecule has 0 aliphatic carbocycles. The van der Waals surface area contributed by atoms with Crippen LogP contribution in [-0.2, 0) is 53.8 Å². The maximum absolute atomic E-state index is 12.6. The molecule has 508 valence electrons. The Hall–Kier alpha value is -7.92. The van der Waals surface area contributed by atoms with Crippen molar-refractivity contribution in [1.29, 1.82) is 0 Å². The zero-order valence-corrected chi connectivity index (χ0v) is 56.9. The minimum Gasteiger partial charge on any atom is -0.483 e. The number of aliphatic carboxylic acids is 1. The van der Waals surface area contributed by atoms with Gasteiger partial charge >= 0.3 is 12.1 Å². The normalized spacial score (nSPS) is 11.8. The summed E-state index contributed by atoms with van der Waals surface area (Å²) >= 11 is 0. The van der Waals surface area contributed by atoms with E-state index in [0.717, 1.165) is 80.8 Å². The van der Waals surface area contributed by atoms with Crippen molar-refractivity contribution >= 4 is 18.0 Å². The summed E-state index contributed by atoms with van der Waals surface area (Å²) in [6.07, 6.45) is 15.9. The van der Waals surface area contributed by atoms with Crippen LogP contribution in [0.2, 0.25) is 0 Å². The summed E-state index contributed by atoms with van der Waals surface area (Å²) in [4.78, 5) is 77.5. The van der Waals surface area contributed by atoms with Gasteiger partial charge in [0, 0.05) is 78.3 Å². The third-order valence-corrected chi connectivity index (χ3v) is 15.6. The van der Waals surface area contributed by atoms with Crippen molar-refractivity contribution in [1.82, 2.24) is 28.4 Å². The summed E-state index contributed by atoms with van der Waals surface area (Å²) in [6, 6.07) is 40.0. The van der Waals surface area contributed by atoms with Crippen LogP contribution in [0.15, 0.2) is 160 Å². The number of carboxylic acids is 1. The molecule has 0 spiro atoms. The first-order valence-corrected chi connectivity index (χ1v) is 32.7. The molecule has 3 aromatic carbocycles. The van der Waals surface area contributed by atoms with Crippen LogP contribution in [0.4, 0.5) is 4.79 Å². The molecule has 0 saturated heterocycles. The first kappa shape index (κ1) is 80.2. The van der Waals surface area contributed by atoms with Gasteiger partial charge in [-0.25, -0.2) is 4.79 Å². The van der Waals surface area contributed by atoms with E-state index in [9.17, 15) is 28.8 Å². The Kier molecular flexibility index (Phi) is 39.5. The second kappa shape index (κ2) is 45.4. The third-order valence-electron chi connectivity index (χ3n) is 15.6. The largest absolute Gasteiger partial charge is 0.483 e. The fourth-order valence-electron chi connectivity index (χ4n) is 9.00. The van der Waals surface area contributed by atoms with E-state index in [1.54, 1.807) is 62.3 Å². The minimum absolute atomic E-state index is 0. The fraction of sp³-hybridized carbons (Fsp3) is 0.520. The maximum atomic E-state index is 12.6. The van der Waals surface area contributed by atoms with Crippen molar-refractivity contribution in [2.24, 2.45) is 17.8 Å². The highest BCUT2D eigenvalue weighted by Gasteiger charge is 2.20. The van der Waals surface area contributed by atoms with Gasteiger partial charge in [-0.15, -0.1) is 0 Å². The molecule has 6 rings (SSSR count). The van der Waals surface area contributed by atoms with E-state index in [2.05, 4.69) is 53.5 Å². The van der Waals surface area contributed by atoms with Gasteiger partial charge in [-0.2, -0.15) is 0 Å². The number of aryl methyl sites for hydroxylation is 3. The van der Waals surface area contributed by atoms with Gasteiger partial charge in [-0.3, -0.25) is 24.0 Å². The van der Waals surface area contributed by atoms with Gasteiger partial charge in [0.1, 0.15) is 25.4 Å². The molecule has 3 aromatic heterocycles. The van der Waals surface area contributed by atoms with E-state index in [1.807, 2.05) is 137 Å². The van der Waals surface area contributed by atoms with Crippen molar-refractivity contribution in [3.63, 3.8) is 0 Å². The second-order valence-corrected chi connectivity index (χ2v) is 24.7. The molecular formula is C75H112N6O11. The Balaban J connectivity index is 0.000000437. The summed E-state index contributed by atoms with van der Waals surface area (Å²) in [5.41, 5.74) is 2.21. The van der Waals surface area contributed by atoms with Crippen molar-refractivity contribution in [3.8, 4) is 17.2 Å². The molecule has 3 heterocycles. The Morgan fingerprint density at radius 1 is 0.467 bits per heavy atom. The predicted octanol–water partition coefficient (Wildman–Crippen LogP) is 14.9. The first-order valence-electron chi connectivity index (χ1n) is 32.7. The molecular weight excluding hydrogens is 1160 g/mol. The summed E-state index contributed by atoms with van der Waals surface area (Å²) in [5, 5.41) is 8.26. The van der Waals surface area contributed by atoms with Crippen LogP contribution in [0.25, 0.3) is 0 Å². The van der Waals surface area contributed by atoms with Crippen LogP contribution in [0.5, 0.6) is 17.2 Å². The molecule has 2 amide bonds. The molecule has 0 bridgehead atoms. The van der Waals surface area contributed by atoms with Gasteiger partial charge in [0.2, 0.25) is 5.91 Å². The van der Waals surface area contributed by atoms with E-state index >= 15 is 0 Å². The molecule has 0 aliphatic heterocycles. The smallest absolute Gasteiger partial charge is 0.410 e. The first-order chi connectivity index (χ1) is 43.5. The molecule has 0 aliphatic rings. The maximum Gasteiger partial charge on any atom is 0.410 e. The summed E-state index contributed by atoms with van der Waals surface area (Å²) in [5.74, 6) is 2.53. The summed E-state index contributed by atoms with van der Waals surface area (Å²) in [7, 11) is 5.69. The molecule has 17 nitrogen and oxygen atoms in total. The topological polar surface area (TPSA) is 184 Å². The monoisotopic (exact) mass is 1270 g/mol. The van der Waals surface area contributed by atoms with Crippen LogP contribution in [0.3, 0.4) is 0 Å². The van der Waals surface area contributed by atoms with Crippen molar-refractivity contribution in [3.05, 3.63) is 194 Å². The van der Waals surface area contributed by atoms with Crippen molar-refractivity contribution in [2.75, 3.05) is 47.3 Å². The molecule has 17 heteroatoms. The number of rotatable bonds is 34. The average molecular weight is 1270 g/mol. The molecule has 0 fully saturated rings. The van der Waals surface area contributed by atoms with Crippen molar-refractivity contribution in [2.45, 2.75) is 192 Å². The van der Waals surface area contributed by atoms with Gasteiger partial charge in [0.25, 0.3) is 16.7 Å². The highest BCUT2D eigenvalue weighted by molar-refractivity contribution is 5.75. The highest BCUT2D eigenvalue weighted by atomic mass is 16.6. The van der Waals surface area contributed by atoms with E-state index in [0.29, 0.717) is 94.3 Å². The number of amides is 2. The Morgan fingerprint density at radius 3 is 1.16 bits per heavy atom. The molecule has 0 saturated carbocycles. The van der Waals surface area contributed by atoms with Crippen LogP contribution >= 0.6 is 0 Å². The van der Waals surface area contributed by atoms with Gasteiger partial charge in [-0.1, -0.05) is 159 Å². The van der Waals surface area contributed by atoms with Crippen LogP contribution in [-0.4, -0.2) is 104 Å². The van der Waals surface area contributed by atoms with E-state index in [-0.39, 0.29) is 36.1 Å². The van der Waals surface area contributed by atoms with E-state index in [1.165, 1.54) is 24.2 Å². The number of carboxylic acid groups (broad SMARTS) is 1. The van der Waals surface area contributed by atoms with Gasteiger partial charge in [0.05, 0.1) is 0 Å². The molecule has 1 N–H and O–H groups in total. The number of aromatic nitrogens is 3. The Labute approximate surface area is 550 Å². The molecule has 0 radical (unpaired) electrons. The number of ether oxygens (including phenoxy) is 4. The number of benzene rings is 3. The van der Waals surface area contributed by atoms with Crippen LogP contribution in [0, 0.1) is 17.8 Å². The van der Waals surface area contributed by atoms with Crippen LogP contribution in [0.1, 0.15) is 163 Å². The van der Waals surface area contributed by atoms with Gasteiger partial charge in [-0.05, 0) is 157 Å². The number of nitrogens with zero attached hydrogens (tertiary/aromatic N) is 6. The lowest BCUT2D eigenvalue weighted by molar-refractivity contribution is -0.137. The number of carbonyl (C=O) groups excluding carboxylic acids is 2. The number of hydrogen-bond donors (Lipinski definition) is 1. The summed E-state index contributed by atoms with van der Waals surface area (Å²) < 4.78 is 27.4. The molecule has 6 aromatic rings. The second-order valence-electron chi connectivity index (χ2n) is 24.7. The van der Waals surface area contributed by atoms with E-state index < -0.39 is 11.6 Å². The summed E-state index contributed by atoms with van der Waals surface area (Å²) in [6.45, 7) is 24.7. The minimum atomic E-state index is -0.685. The van der Waals surface area contributed by atoms with Gasteiger partial charge < -0.3 is 52.5 Å². The zero-order chi connectivity index (χ0) is 67.0. The molecule has 3 unspecified atom stereocenters. The fourth-order valence-corrected chi connectivity index (χ4v) is 9.00. The van der Waals surface area contributed by atoms with Crippen LogP contribution < -0.4 is 30.9 Å². The average Bonchev–Trinajstić information content (AvgIpc) is 1.05. The Morgan fingerprint density at radius 2 is 0.804 bits per heavy atom. The Bertz CT molecular complexity index is 3140. The number of carbonyl (C=O) groups is 3. The zero-order valence-electron chi connectivity index (χ0n) is 56.9.